The number of rotatable bonds is 5. The Hall–Kier alpha value is -3.73. The SMILES string of the molecule is COc1ccccc1-c1nc(-c2ccccc2)nc(-c2ccccc2OC)n1. The molecule has 4 rings (SSSR count). The second kappa shape index (κ2) is 7.88. The smallest absolute Gasteiger partial charge is 0.167 e. The van der Waals surface area contributed by atoms with Crippen molar-refractivity contribution >= 4 is 0 Å². The molecule has 0 aliphatic rings. The first-order valence-corrected chi connectivity index (χ1v) is 8.88. The quantitative estimate of drug-likeness (QED) is 0.501. The molecule has 0 radical (unpaired) electrons. The number of methoxy groups -OCH3 is 2. The average molecular weight is 369 g/mol. The average Bonchev–Trinajstić information content (AvgIpc) is 2.79. The molecule has 0 unspecified atom stereocenters. The first kappa shape index (κ1) is 17.7. The summed E-state index contributed by atoms with van der Waals surface area (Å²) in [6, 6.07) is 25.2. The van der Waals surface area contributed by atoms with Crippen molar-refractivity contribution in [3.63, 3.8) is 0 Å². The lowest BCUT2D eigenvalue weighted by molar-refractivity contribution is 0.416. The summed E-state index contributed by atoms with van der Waals surface area (Å²) in [6.45, 7) is 0. The van der Waals surface area contributed by atoms with E-state index in [-0.39, 0.29) is 0 Å². The predicted molar refractivity (Wildman–Crippen MR) is 109 cm³/mol. The lowest BCUT2D eigenvalue weighted by atomic mass is 10.1. The van der Waals surface area contributed by atoms with E-state index in [4.69, 9.17) is 24.4 Å². The number of benzene rings is 3. The predicted octanol–water partition coefficient (Wildman–Crippen LogP) is 4.89. The highest BCUT2D eigenvalue weighted by Gasteiger charge is 2.16. The van der Waals surface area contributed by atoms with E-state index in [2.05, 4.69) is 0 Å². The zero-order chi connectivity index (χ0) is 19.3. The van der Waals surface area contributed by atoms with Gasteiger partial charge in [0.05, 0.1) is 25.3 Å². The fraction of sp³-hybridized carbons (Fsp3) is 0.0870. The highest BCUT2D eigenvalue weighted by atomic mass is 16.5. The Kier molecular flexibility index (Phi) is 4.97. The lowest BCUT2D eigenvalue weighted by Crippen LogP contribution is -2.02. The number of hydrogen-bond acceptors (Lipinski definition) is 5. The molecule has 138 valence electrons. The van der Waals surface area contributed by atoms with E-state index in [0.717, 1.165) is 16.7 Å². The van der Waals surface area contributed by atoms with Crippen LogP contribution in [-0.4, -0.2) is 29.2 Å². The third-order valence-corrected chi connectivity index (χ3v) is 4.36. The fourth-order valence-electron chi connectivity index (χ4n) is 2.99. The summed E-state index contributed by atoms with van der Waals surface area (Å²) < 4.78 is 11.0. The third kappa shape index (κ3) is 3.42. The van der Waals surface area contributed by atoms with Crippen molar-refractivity contribution in [3.8, 4) is 45.7 Å². The Labute approximate surface area is 163 Å². The van der Waals surface area contributed by atoms with Crippen LogP contribution in [0.1, 0.15) is 0 Å². The van der Waals surface area contributed by atoms with E-state index in [1.807, 2.05) is 78.9 Å². The van der Waals surface area contributed by atoms with Crippen LogP contribution in [0.15, 0.2) is 78.9 Å². The number of hydrogen-bond donors (Lipinski definition) is 0. The Morgan fingerprint density at radius 2 is 0.929 bits per heavy atom. The molecule has 5 heteroatoms. The Balaban J connectivity index is 1.97. The van der Waals surface area contributed by atoms with Crippen LogP contribution in [0.4, 0.5) is 0 Å². The summed E-state index contributed by atoms with van der Waals surface area (Å²) in [7, 11) is 3.28. The summed E-state index contributed by atoms with van der Waals surface area (Å²) in [6.07, 6.45) is 0. The normalized spacial score (nSPS) is 10.5. The maximum atomic E-state index is 5.51. The molecule has 0 bridgehead atoms. The van der Waals surface area contributed by atoms with Gasteiger partial charge in [-0.3, -0.25) is 0 Å². The molecule has 0 saturated carbocycles. The van der Waals surface area contributed by atoms with E-state index >= 15 is 0 Å². The summed E-state index contributed by atoms with van der Waals surface area (Å²) in [4.78, 5) is 14.2. The van der Waals surface area contributed by atoms with Gasteiger partial charge in [-0.05, 0) is 24.3 Å². The summed E-state index contributed by atoms with van der Waals surface area (Å²) in [5.74, 6) is 3.11. The van der Waals surface area contributed by atoms with Gasteiger partial charge in [0.15, 0.2) is 17.5 Å². The molecule has 0 aliphatic heterocycles. The molecule has 0 fully saturated rings. The van der Waals surface area contributed by atoms with E-state index < -0.39 is 0 Å². The zero-order valence-corrected chi connectivity index (χ0v) is 15.7. The molecule has 1 heterocycles. The molecule has 0 atom stereocenters. The molecule has 5 nitrogen and oxygen atoms in total. The highest BCUT2D eigenvalue weighted by Crippen LogP contribution is 2.32. The van der Waals surface area contributed by atoms with Crippen LogP contribution in [0.5, 0.6) is 11.5 Å². The standard InChI is InChI=1S/C23H19N3O2/c1-27-19-14-8-6-12-17(19)22-24-21(16-10-4-3-5-11-16)25-23(26-22)18-13-7-9-15-20(18)28-2/h3-15H,1-2H3. The number of ether oxygens (including phenoxy) is 2. The Bertz CT molecular complexity index is 1030. The number of aromatic nitrogens is 3. The maximum absolute atomic E-state index is 5.51. The van der Waals surface area contributed by atoms with Gasteiger partial charge in [-0.2, -0.15) is 0 Å². The topological polar surface area (TPSA) is 57.1 Å². The molecule has 4 aromatic rings. The molecular formula is C23H19N3O2. The summed E-state index contributed by atoms with van der Waals surface area (Å²) in [5, 5.41) is 0. The van der Waals surface area contributed by atoms with Gasteiger partial charge in [0.1, 0.15) is 11.5 Å². The molecule has 0 N–H and O–H groups in total. The second-order valence-electron chi connectivity index (χ2n) is 6.07. The first-order chi connectivity index (χ1) is 13.8. The molecule has 28 heavy (non-hydrogen) atoms. The van der Waals surface area contributed by atoms with Gasteiger partial charge < -0.3 is 9.47 Å². The second-order valence-corrected chi connectivity index (χ2v) is 6.07. The van der Waals surface area contributed by atoms with Gasteiger partial charge in [-0.25, -0.2) is 15.0 Å². The maximum Gasteiger partial charge on any atom is 0.167 e. The summed E-state index contributed by atoms with van der Waals surface area (Å²) >= 11 is 0. The van der Waals surface area contributed by atoms with Crippen molar-refractivity contribution in [2.75, 3.05) is 14.2 Å². The van der Waals surface area contributed by atoms with Crippen LogP contribution in [0, 0.1) is 0 Å². The molecule has 0 amide bonds. The van der Waals surface area contributed by atoms with Crippen molar-refractivity contribution in [3.05, 3.63) is 78.9 Å². The Morgan fingerprint density at radius 1 is 0.500 bits per heavy atom. The van der Waals surface area contributed by atoms with Crippen LogP contribution in [-0.2, 0) is 0 Å². The van der Waals surface area contributed by atoms with Crippen LogP contribution in [0.2, 0.25) is 0 Å². The van der Waals surface area contributed by atoms with E-state index in [1.54, 1.807) is 14.2 Å². The Morgan fingerprint density at radius 3 is 1.43 bits per heavy atom. The molecule has 3 aromatic carbocycles. The first-order valence-electron chi connectivity index (χ1n) is 8.88. The van der Waals surface area contributed by atoms with Gasteiger partial charge in [0, 0.05) is 5.56 Å². The van der Waals surface area contributed by atoms with Gasteiger partial charge in [0.25, 0.3) is 0 Å². The van der Waals surface area contributed by atoms with Gasteiger partial charge in [-0.15, -0.1) is 0 Å². The van der Waals surface area contributed by atoms with Gasteiger partial charge in [-0.1, -0.05) is 54.6 Å². The summed E-state index contributed by atoms with van der Waals surface area (Å²) in [5.41, 5.74) is 2.53. The fourth-order valence-corrected chi connectivity index (χ4v) is 2.99. The van der Waals surface area contributed by atoms with Crippen molar-refractivity contribution in [2.45, 2.75) is 0 Å². The number of para-hydroxylation sites is 2. The van der Waals surface area contributed by atoms with Crippen LogP contribution < -0.4 is 9.47 Å². The van der Waals surface area contributed by atoms with Gasteiger partial charge in [0.2, 0.25) is 0 Å². The van der Waals surface area contributed by atoms with Crippen molar-refractivity contribution in [1.29, 1.82) is 0 Å². The lowest BCUT2D eigenvalue weighted by Gasteiger charge is -2.12. The molecule has 0 saturated heterocycles. The molecule has 0 spiro atoms. The van der Waals surface area contributed by atoms with E-state index in [9.17, 15) is 0 Å². The minimum absolute atomic E-state index is 0.548. The van der Waals surface area contributed by atoms with Crippen molar-refractivity contribution in [2.24, 2.45) is 0 Å². The molecule has 0 aliphatic carbocycles. The minimum atomic E-state index is 0.548. The third-order valence-electron chi connectivity index (χ3n) is 4.36. The largest absolute Gasteiger partial charge is 0.496 e. The van der Waals surface area contributed by atoms with E-state index in [0.29, 0.717) is 29.0 Å². The molecule has 1 aromatic heterocycles. The molecular weight excluding hydrogens is 350 g/mol. The number of nitrogens with zero attached hydrogens (tertiary/aromatic N) is 3. The van der Waals surface area contributed by atoms with Crippen LogP contribution in [0.25, 0.3) is 34.2 Å². The highest BCUT2D eigenvalue weighted by molar-refractivity contribution is 5.72. The van der Waals surface area contributed by atoms with Gasteiger partial charge >= 0.3 is 0 Å². The van der Waals surface area contributed by atoms with E-state index in [1.165, 1.54) is 0 Å². The monoisotopic (exact) mass is 369 g/mol. The zero-order valence-electron chi connectivity index (χ0n) is 15.7. The van der Waals surface area contributed by atoms with Crippen LogP contribution in [0.3, 0.4) is 0 Å². The minimum Gasteiger partial charge on any atom is -0.496 e. The van der Waals surface area contributed by atoms with Crippen LogP contribution >= 0.6 is 0 Å². The van der Waals surface area contributed by atoms with Crippen molar-refractivity contribution < 1.29 is 9.47 Å². The van der Waals surface area contributed by atoms with Crippen molar-refractivity contribution in [1.82, 2.24) is 15.0 Å².